The van der Waals surface area contributed by atoms with Crippen LogP contribution in [0.1, 0.15) is 25.8 Å². The summed E-state index contributed by atoms with van der Waals surface area (Å²) in [5.41, 5.74) is 7.05. The summed E-state index contributed by atoms with van der Waals surface area (Å²) in [6.45, 7) is 11.7. The predicted octanol–water partition coefficient (Wildman–Crippen LogP) is 7.36. The maximum Gasteiger partial charge on any atom is 0.159 e. The van der Waals surface area contributed by atoms with Gasteiger partial charge in [0, 0.05) is 34.1 Å². The number of rotatable bonds is 8. The van der Waals surface area contributed by atoms with Crippen LogP contribution in [0.15, 0.2) is 84.0 Å². The lowest BCUT2D eigenvalue weighted by Crippen LogP contribution is -2.09. The average molecular weight is 497 g/mol. The SMILES string of the molecule is C=C/C(=C\C(=C/C)c1ccc2[nH]nc(-c3nc4c(-c5ccsc5)nccc4[nH]3)c2c1F)NC(=C)CC. The Balaban J connectivity index is 1.62. The largest absolute Gasteiger partial charge is 0.359 e. The Hall–Kier alpha value is -4.30. The number of imidazole rings is 1. The van der Waals surface area contributed by atoms with E-state index in [4.69, 9.17) is 4.98 Å². The number of allylic oxidation sites excluding steroid dienone is 5. The number of halogens is 1. The van der Waals surface area contributed by atoms with Crippen molar-refractivity contribution in [2.75, 3.05) is 0 Å². The van der Waals surface area contributed by atoms with E-state index in [1.807, 2.05) is 55.0 Å². The third-order valence-electron chi connectivity index (χ3n) is 5.99. The van der Waals surface area contributed by atoms with Crippen molar-refractivity contribution in [1.82, 2.24) is 30.5 Å². The van der Waals surface area contributed by atoms with Crippen LogP contribution in [-0.4, -0.2) is 25.1 Å². The molecule has 3 N–H and O–H groups in total. The lowest BCUT2D eigenvalue weighted by molar-refractivity contribution is 0.636. The highest BCUT2D eigenvalue weighted by atomic mass is 32.1. The first-order valence-corrected chi connectivity index (χ1v) is 12.5. The normalized spacial score (nSPS) is 12.4. The molecular formula is C28H25FN6S. The number of thiophene rings is 1. The maximum absolute atomic E-state index is 16.1. The lowest BCUT2D eigenvalue weighted by atomic mass is 10.0. The highest BCUT2D eigenvalue weighted by Crippen LogP contribution is 2.34. The molecule has 5 rings (SSSR count). The molecule has 4 heterocycles. The fourth-order valence-electron chi connectivity index (χ4n) is 4.05. The molecule has 180 valence electrons. The summed E-state index contributed by atoms with van der Waals surface area (Å²) in [6.07, 6.45) is 7.93. The van der Waals surface area contributed by atoms with E-state index >= 15 is 4.39 Å². The number of nitrogens with zero attached hydrogens (tertiary/aromatic N) is 3. The van der Waals surface area contributed by atoms with Gasteiger partial charge in [-0.25, -0.2) is 9.37 Å². The highest BCUT2D eigenvalue weighted by molar-refractivity contribution is 7.08. The second-order valence-corrected chi connectivity index (χ2v) is 8.99. The van der Waals surface area contributed by atoms with Gasteiger partial charge in [-0.1, -0.05) is 26.2 Å². The number of hydrogen-bond donors (Lipinski definition) is 3. The summed E-state index contributed by atoms with van der Waals surface area (Å²) in [5.74, 6) is 0.0945. The highest BCUT2D eigenvalue weighted by Gasteiger charge is 2.20. The van der Waals surface area contributed by atoms with E-state index in [0.717, 1.165) is 34.6 Å². The number of hydrogen-bond acceptors (Lipinski definition) is 5. The molecule has 0 atom stereocenters. The van der Waals surface area contributed by atoms with Gasteiger partial charge in [-0.15, -0.1) is 0 Å². The molecule has 0 spiro atoms. The van der Waals surface area contributed by atoms with E-state index in [9.17, 15) is 0 Å². The Morgan fingerprint density at radius 1 is 1.19 bits per heavy atom. The van der Waals surface area contributed by atoms with Crippen molar-refractivity contribution in [3.63, 3.8) is 0 Å². The van der Waals surface area contributed by atoms with E-state index in [0.29, 0.717) is 39.1 Å². The van der Waals surface area contributed by atoms with Gasteiger partial charge in [-0.3, -0.25) is 10.1 Å². The summed E-state index contributed by atoms with van der Waals surface area (Å²) in [4.78, 5) is 12.6. The number of H-pyrrole nitrogens is 2. The van der Waals surface area contributed by atoms with Gasteiger partial charge in [0.25, 0.3) is 0 Å². The van der Waals surface area contributed by atoms with Crippen molar-refractivity contribution in [3.8, 4) is 22.8 Å². The minimum Gasteiger partial charge on any atom is -0.359 e. The third-order valence-corrected chi connectivity index (χ3v) is 6.67. The van der Waals surface area contributed by atoms with Crippen LogP contribution in [0, 0.1) is 5.82 Å². The van der Waals surface area contributed by atoms with Crippen LogP contribution in [-0.2, 0) is 0 Å². The van der Waals surface area contributed by atoms with Crippen LogP contribution in [0.5, 0.6) is 0 Å². The molecule has 0 saturated heterocycles. The molecule has 0 aliphatic heterocycles. The van der Waals surface area contributed by atoms with Gasteiger partial charge in [-0.05, 0) is 60.7 Å². The molecule has 0 bridgehead atoms. The van der Waals surface area contributed by atoms with Gasteiger partial charge >= 0.3 is 0 Å². The zero-order chi connectivity index (χ0) is 25.2. The molecule has 0 aliphatic rings. The zero-order valence-electron chi connectivity index (χ0n) is 20.0. The third kappa shape index (κ3) is 4.16. The first-order chi connectivity index (χ1) is 17.5. The van der Waals surface area contributed by atoms with Crippen molar-refractivity contribution in [2.45, 2.75) is 20.3 Å². The second kappa shape index (κ2) is 9.75. The minimum atomic E-state index is -0.380. The molecule has 4 aromatic heterocycles. The monoisotopic (exact) mass is 496 g/mol. The summed E-state index contributed by atoms with van der Waals surface area (Å²) >= 11 is 1.60. The Labute approximate surface area is 212 Å². The lowest BCUT2D eigenvalue weighted by Gasteiger charge is -2.11. The molecular weight excluding hydrogens is 471 g/mol. The van der Waals surface area contributed by atoms with Crippen LogP contribution >= 0.6 is 11.3 Å². The summed E-state index contributed by atoms with van der Waals surface area (Å²) in [6, 6.07) is 7.44. The summed E-state index contributed by atoms with van der Waals surface area (Å²) < 4.78 is 16.1. The van der Waals surface area contributed by atoms with Crippen molar-refractivity contribution in [1.29, 1.82) is 0 Å². The fraction of sp³-hybridized carbons (Fsp3) is 0.107. The minimum absolute atomic E-state index is 0.371. The smallest absolute Gasteiger partial charge is 0.159 e. The molecule has 0 radical (unpaired) electrons. The number of nitrogens with one attached hydrogen (secondary N) is 3. The van der Waals surface area contributed by atoms with Crippen LogP contribution in [0.2, 0.25) is 0 Å². The molecule has 36 heavy (non-hydrogen) atoms. The fourth-order valence-corrected chi connectivity index (χ4v) is 4.69. The molecule has 0 unspecified atom stereocenters. The molecule has 5 aromatic rings. The molecule has 1 aromatic carbocycles. The Kier molecular flexibility index (Phi) is 6.35. The molecule has 6 nitrogen and oxygen atoms in total. The van der Waals surface area contributed by atoms with Crippen LogP contribution < -0.4 is 5.32 Å². The first kappa shape index (κ1) is 23.4. The quantitative estimate of drug-likeness (QED) is 0.196. The predicted molar refractivity (Wildman–Crippen MR) is 147 cm³/mol. The van der Waals surface area contributed by atoms with Crippen LogP contribution in [0.4, 0.5) is 4.39 Å². The topological polar surface area (TPSA) is 82.3 Å². The van der Waals surface area contributed by atoms with Gasteiger partial charge in [-0.2, -0.15) is 16.4 Å². The molecule has 0 amide bonds. The number of pyridine rings is 1. The van der Waals surface area contributed by atoms with E-state index < -0.39 is 0 Å². The summed E-state index contributed by atoms with van der Waals surface area (Å²) in [7, 11) is 0. The average Bonchev–Trinajstić information content (AvgIpc) is 3.66. The van der Waals surface area contributed by atoms with Crippen molar-refractivity contribution in [2.24, 2.45) is 0 Å². The van der Waals surface area contributed by atoms with E-state index in [1.54, 1.807) is 29.7 Å². The Bertz CT molecular complexity index is 1650. The molecule has 0 saturated carbocycles. The van der Waals surface area contributed by atoms with E-state index in [-0.39, 0.29) is 5.82 Å². The van der Waals surface area contributed by atoms with Crippen molar-refractivity contribution >= 4 is 38.8 Å². The van der Waals surface area contributed by atoms with E-state index in [2.05, 4.69) is 38.6 Å². The molecule has 0 aliphatic carbocycles. The summed E-state index contributed by atoms with van der Waals surface area (Å²) in [5, 5.41) is 15.0. The van der Waals surface area contributed by atoms with Gasteiger partial charge in [0.1, 0.15) is 17.0 Å². The zero-order valence-corrected chi connectivity index (χ0v) is 20.8. The Morgan fingerprint density at radius 2 is 2.06 bits per heavy atom. The van der Waals surface area contributed by atoms with Gasteiger partial charge in [0.15, 0.2) is 5.82 Å². The first-order valence-electron chi connectivity index (χ1n) is 11.5. The van der Waals surface area contributed by atoms with Crippen molar-refractivity contribution < 1.29 is 4.39 Å². The number of benzene rings is 1. The van der Waals surface area contributed by atoms with Crippen LogP contribution in [0.3, 0.4) is 0 Å². The Morgan fingerprint density at radius 3 is 2.78 bits per heavy atom. The van der Waals surface area contributed by atoms with Gasteiger partial charge in [0.05, 0.1) is 22.1 Å². The van der Waals surface area contributed by atoms with Gasteiger partial charge in [0.2, 0.25) is 0 Å². The molecule has 0 fully saturated rings. The number of fused-ring (bicyclic) bond motifs is 2. The van der Waals surface area contributed by atoms with Crippen LogP contribution in [0.25, 0.3) is 50.3 Å². The number of aromatic amines is 2. The standard InChI is InChI=1S/C28H25FN6S/c1-5-16(4)31-19(7-3)14-17(6-2)20-8-9-21-23(24(20)29)27(35-34-21)28-32-22-10-12-30-25(26(22)33-28)18-11-13-36-15-18/h6-15,31H,3-5H2,1-2H3,(H,32,33)(H,34,35)/b17-6+,19-14+. The van der Waals surface area contributed by atoms with Gasteiger partial charge < -0.3 is 10.3 Å². The maximum atomic E-state index is 16.1. The number of aromatic nitrogens is 5. The van der Waals surface area contributed by atoms with Crippen molar-refractivity contribution in [3.05, 3.63) is 95.4 Å². The second-order valence-electron chi connectivity index (χ2n) is 8.20. The molecule has 8 heteroatoms. The van der Waals surface area contributed by atoms with E-state index in [1.165, 1.54) is 0 Å².